The summed E-state index contributed by atoms with van der Waals surface area (Å²) in [7, 11) is 0.844. The minimum absolute atomic E-state index is 0.292. The Kier molecular flexibility index (Phi) is 5.11. The van der Waals surface area contributed by atoms with Crippen LogP contribution in [-0.4, -0.2) is 27.5 Å². The maximum atomic E-state index is 11.5. The molecule has 0 fully saturated rings. The highest BCUT2D eigenvalue weighted by Crippen LogP contribution is 2.28. The molecule has 0 spiro atoms. The molecule has 18 heavy (non-hydrogen) atoms. The molecule has 1 aromatic carbocycles. The van der Waals surface area contributed by atoms with E-state index in [-0.39, 0.29) is 5.97 Å². The van der Waals surface area contributed by atoms with E-state index in [9.17, 15) is 9.90 Å². The van der Waals surface area contributed by atoms with Gasteiger partial charge in [-0.1, -0.05) is 26.0 Å². The standard InChI is InChI=1S/C14H22O3Si/c1-10(2)8-14(3,16)12-6-4-11(5-7-12)13(15)17-9-18/h4-7,10,16H,8-9H2,1-3,18H3. The van der Waals surface area contributed by atoms with Gasteiger partial charge < -0.3 is 9.84 Å². The van der Waals surface area contributed by atoms with Crippen molar-refractivity contribution in [3.63, 3.8) is 0 Å². The van der Waals surface area contributed by atoms with Crippen molar-refractivity contribution >= 4 is 16.2 Å². The fraction of sp³-hybridized carbons (Fsp3) is 0.500. The zero-order chi connectivity index (χ0) is 13.8. The van der Waals surface area contributed by atoms with Crippen molar-refractivity contribution in [2.45, 2.75) is 32.8 Å². The van der Waals surface area contributed by atoms with Gasteiger partial charge in [0.25, 0.3) is 0 Å². The van der Waals surface area contributed by atoms with Crippen LogP contribution in [0.5, 0.6) is 0 Å². The maximum Gasteiger partial charge on any atom is 0.337 e. The molecule has 1 aromatic rings. The smallest absolute Gasteiger partial charge is 0.337 e. The second-order valence-corrected chi connectivity index (χ2v) is 5.75. The molecule has 0 saturated heterocycles. The fourth-order valence-corrected chi connectivity index (χ4v) is 2.35. The summed E-state index contributed by atoms with van der Waals surface area (Å²) in [6, 6.07) is 7.02. The summed E-state index contributed by atoms with van der Waals surface area (Å²) in [5, 5.41) is 10.4. The Hall–Kier alpha value is -1.13. The highest BCUT2D eigenvalue weighted by Gasteiger charge is 2.24. The number of carbonyl (C=O) groups is 1. The fourth-order valence-electron chi connectivity index (χ4n) is 2.09. The van der Waals surface area contributed by atoms with Crippen molar-refractivity contribution in [1.29, 1.82) is 0 Å². The van der Waals surface area contributed by atoms with Gasteiger partial charge in [-0.3, -0.25) is 0 Å². The molecule has 1 unspecified atom stereocenters. The molecule has 0 heterocycles. The number of hydrogen-bond acceptors (Lipinski definition) is 3. The van der Waals surface area contributed by atoms with Gasteiger partial charge in [0, 0.05) is 0 Å². The number of aliphatic hydroxyl groups is 1. The first-order chi connectivity index (χ1) is 8.36. The summed E-state index contributed by atoms with van der Waals surface area (Å²) >= 11 is 0. The van der Waals surface area contributed by atoms with Crippen LogP contribution in [0.1, 0.15) is 43.1 Å². The van der Waals surface area contributed by atoms with Crippen LogP contribution in [-0.2, 0) is 10.3 Å². The maximum absolute atomic E-state index is 11.5. The van der Waals surface area contributed by atoms with Crippen molar-refractivity contribution in [1.82, 2.24) is 0 Å². The molecule has 0 aliphatic rings. The molecule has 1 rings (SSSR count). The van der Waals surface area contributed by atoms with Gasteiger partial charge in [-0.25, -0.2) is 4.79 Å². The van der Waals surface area contributed by atoms with Crippen molar-refractivity contribution in [3.05, 3.63) is 35.4 Å². The predicted molar refractivity (Wildman–Crippen MR) is 75.7 cm³/mol. The van der Waals surface area contributed by atoms with Gasteiger partial charge in [-0.2, -0.15) is 0 Å². The Morgan fingerprint density at radius 2 is 1.94 bits per heavy atom. The first-order valence-corrected chi connectivity index (χ1v) is 7.78. The van der Waals surface area contributed by atoms with Gasteiger partial charge >= 0.3 is 5.97 Å². The van der Waals surface area contributed by atoms with Gasteiger partial charge in [-0.15, -0.1) is 0 Å². The number of carbonyl (C=O) groups excluding carboxylic acids is 1. The molecule has 100 valence electrons. The molecule has 4 heteroatoms. The molecule has 0 amide bonds. The average Bonchev–Trinajstić information content (AvgIpc) is 2.28. The van der Waals surface area contributed by atoms with E-state index in [1.165, 1.54) is 0 Å². The molecule has 0 radical (unpaired) electrons. The topological polar surface area (TPSA) is 46.5 Å². The van der Waals surface area contributed by atoms with Crippen LogP contribution in [0.15, 0.2) is 24.3 Å². The van der Waals surface area contributed by atoms with Crippen molar-refractivity contribution in [2.24, 2.45) is 5.92 Å². The second kappa shape index (κ2) is 6.16. The number of benzene rings is 1. The molecule has 0 aliphatic carbocycles. The quantitative estimate of drug-likeness (QED) is 0.647. The van der Waals surface area contributed by atoms with E-state index < -0.39 is 5.60 Å². The van der Waals surface area contributed by atoms with Crippen LogP contribution in [0, 0.1) is 5.92 Å². The summed E-state index contributed by atoms with van der Waals surface area (Å²) in [5.41, 5.74) is 0.516. The summed E-state index contributed by atoms with van der Waals surface area (Å²) < 4.78 is 4.98. The van der Waals surface area contributed by atoms with Crippen LogP contribution in [0.3, 0.4) is 0 Å². The zero-order valence-electron chi connectivity index (χ0n) is 11.6. The lowest BCUT2D eigenvalue weighted by Gasteiger charge is -2.26. The first-order valence-electron chi connectivity index (χ1n) is 6.37. The SMILES string of the molecule is CC(C)CC(C)(O)c1ccc(C(=O)OC[SiH3])cc1. The van der Waals surface area contributed by atoms with E-state index in [0.717, 1.165) is 15.8 Å². The second-order valence-electron chi connectivity index (χ2n) is 5.17. The lowest BCUT2D eigenvalue weighted by Crippen LogP contribution is -2.23. The van der Waals surface area contributed by atoms with Gasteiger partial charge in [-0.05, 0) is 37.0 Å². The van der Waals surface area contributed by atoms with Crippen LogP contribution in [0.2, 0.25) is 0 Å². The van der Waals surface area contributed by atoms with Crippen LogP contribution in [0.4, 0.5) is 0 Å². The Labute approximate surface area is 112 Å². The average molecular weight is 266 g/mol. The first kappa shape index (κ1) is 14.9. The molecule has 0 saturated carbocycles. The predicted octanol–water partition coefficient (Wildman–Crippen LogP) is 1.42. The molecule has 1 atom stereocenters. The lowest BCUT2D eigenvalue weighted by atomic mass is 9.87. The van der Waals surface area contributed by atoms with E-state index in [1.807, 2.05) is 0 Å². The van der Waals surface area contributed by atoms with Gasteiger partial charge in [0.05, 0.1) is 27.6 Å². The highest BCUT2D eigenvalue weighted by atomic mass is 28.1. The Balaban J connectivity index is 2.85. The third-order valence-corrected chi connectivity index (χ3v) is 3.11. The van der Waals surface area contributed by atoms with Crippen LogP contribution in [0.25, 0.3) is 0 Å². The molecule has 0 bridgehead atoms. The molecule has 0 aromatic heterocycles. The Bertz CT molecular complexity index is 396. The third kappa shape index (κ3) is 3.96. The van der Waals surface area contributed by atoms with Crippen LogP contribution >= 0.6 is 0 Å². The van der Waals surface area contributed by atoms with E-state index in [2.05, 4.69) is 13.8 Å². The molecule has 3 nitrogen and oxygen atoms in total. The van der Waals surface area contributed by atoms with Gasteiger partial charge in [0.15, 0.2) is 0 Å². The zero-order valence-corrected chi connectivity index (χ0v) is 13.6. The molecule has 0 aliphatic heterocycles. The summed E-state index contributed by atoms with van der Waals surface area (Å²) in [5.74, 6) is 0.120. The van der Waals surface area contributed by atoms with Gasteiger partial charge in [0.1, 0.15) is 0 Å². The summed E-state index contributed by atoms with van der Waals surface area (Å²) in [6.07, 6.45) is 1.20. The molecular weight excluding hydrogens is 244 g/mol. The Morgan fingerprint density at radius 3 is 2.39 bits per heavy atom. The minimum Gasteiger partial charge on any atom is -0.467 e. The van der Waals surface area contributed by atoms with Crippen molar-refractivity contribution in [2.75, 3.05) is 6.23 Å². The van der Waals surface area contributed by atoms with E-state index in [4.69, 9.17) is 4.74 Å². The summed E-state index contributed by atoms with van der Waals surface area (Å²) in [6.45, 7) is 5.95. The van der Waals surface area contributed by atoms with Crippen molar-refractivity contribution < 1.29 is 14.6 Å². The largest absolute Gasteiger partial charge is 0.467 e. The highest BCUT2D eigenvalue weighted by molar-refractivity contribution is 6.09. The normalized spacial score (nSPS) is 14.5. The van der Waals surface area contributed by atoms with E-state index >= 15 is 0 Å². The third-order valence-electron chi connectivity index (χ3n) is 2.82. The molecular formula is C14H22O3Si. The van der Waals surface area contributed by atoms with Gasteiger partial charge in [0.2, 0.25) is 0 Å². The lowest BCUT2D eigenvalue weighted by molar-refractivity contribution is 0.0347. The van der Waals surface area contributed by atoms with E-state index in [1.54, 1.807) is 31.2 Å². The molecule has 1 N–H and O–H groups in total. The monoisotopic (exact) mass is 266 g/mol. The number of rotatable bonds is 5. The van der Waals surface area contributed by atoms with E-state index in [0.29, 0.717) is 24.1 Å². The van der Waals surface area contributed by atoms with Crippen molar-refractivity contribution in [3.8, 4) is 0 Å². The summed E-state index contributed by atoms with van der Waals surface area (Å²) in [4.78, 5) is 11.5. The number of hydrogen-bond donors (Lipinski definition) is 1. The minimum atomic E-state index is -0.853. The number of esters is 1. The van der Waals surface area contributed by atoms with Crippen LogP contribution < -0.4 is 0 Å². The number of ether oxygens (including phenoxy) is 1. The Morgan fingerprint density at radius 1 is 1.39 bits per heavy atom.